The second-order valence-electron chi connectivity index (χ2n) is 8.84. The lowest BCUT2D eigenvalue weighted by atomic mass is 9.97. The Balaban J connectivity index is 1.72. The van der Waals surface area contributed by atoms with Crippen LogP contribution in [0.2, 0.25) is 5.02 Å². The molecule has 3 heterocycles. The van der Waals surface area contributed by atoms with Gasteiger partial charge in [0.25, 0.3) is 5.91 Å². The molecule has 1 aliphatic heterocycles. The number of benzene rings is 2. The number of nitrogens with zero attached hydrogens (tertiary/aromatic N) is 3. The van der Waals surface area contributed by atoms with Crippen molar-refractivity contribution >= 4 is 28.4 Å². The molecule has 7 heteroatoms. The Morgan fingerprint density at radius 1 is 1.00 bits per heavy atom. The van der Waals surface area contributed by atoms with Gasteiger partial charge in [-0.05, 0) is 48.7 Å². The van der Waals surface area contributed by atoms with E-state index in [0.29, 0.717) is 27.1 Å². The third-order valence-corrected chi connectivity index (χ3v) is 6.76. The van der Waals surface area contributed by atoms with Crippen molar-refractivity contribution in [3.05, 3.63) is 111 Å². The molecule has 1 aliphatic rings. The minimum absolute atomic E-state index is 0.122. The van der Waals surface area contributed by atoms with Gasteiger partial charge in [-0.15, -0.1) is 0 Å². The highest BCUT2D eigenvalue weighted by Crippen LogP contribution is 2.32. The fraction of sp³-hybridized carbons (Fsp3) is 0.250. The summed E-state index contributed by atoms with van der Waals surface area (Å²) < 4.78 is 0. The van der Waals surface area contributed by atoms with Gasteiger partial charge in [0, 0.05) is 47.7 Å². The molecule has 35 heavy (non-hydrogen) atoms. The van der Waals surface area contributed by atoms with E-state index in [1.807, 2.05) is 30.3 Å². The van der Waals surface area contributed by atoms with E-state index in [2.05, 4.69) is 15.0 Å². The van der Waals surface area contributed by atoms with Gasteiger partial charge in [-0.25, -0.2) is 5.01 Å². The lowest BCUT2D eigenvalue weighted by Crippen LogP contribution is -2.50. The smallest absolute Gasteiger partial charge is 0.270 e. The van der Waals surface area contributed by atoms with Crippen LogP contribution in [0.1, 0.15) is 53.2 Å². The Hall–Kier alpha value is -3.48. The summed E-state index contributed by atoms with van der Waals surface area (Å²) in [6.07, 6.45) is 9.19. The molecule has 0 aliphatic carbocycles. The van der Waals surface area contributed by atoms with Crippen LogP contribution in [0, 0.1) is 0 Å². The van der Waals surface area contributed by atoms with Crippen molar-refractivity contribution in [1.29, 1.82) is 0 Å². The van der Waals surface area contributed by atoms with Crippen LogP contribution >= 0.6 is 11.6 Å². The monoisotopic (exact) mass is 486 g/mol. The topological polar surface area (TPSA) is 69.3 Å². The standard InChI is InChI=1S/C28H27ClN4O2/c29-22-12-13-23-25(17-22)31-19-24(27(23)34)26(20-9-4-3-5-10-20)33(32-15-6-1-2-7-16-32)28(35)21-11-8-14-30-18-21/h3-5,8-14,17-19,26H,1-2,6-7,15-16H2,(H,31,34). The van der Waals surface area contributed by atoms with Crippen LogP contribution in [0.25, 0.3) is 10.9 Å². The van der Waals surface area contributed by atoms with E-state index in [4.69, 9.17) is 11.6 Å². The number of hydrogen-bond acceptors (Lipinski definition) is 4. The molecule has 1 saturated heterocycles. The number of aromatic nitrogens is 2. The summed E-state index contributed by atoms with van der Waals surface area (Å²) >= 11 is 6.16. The van der Waals surface area contributed by atoms with E-state index in [1.165, 1.54) is 0 Å². The van der Waals surface area contributed by atoms with E-state index >= 15 is 0 Å². The van der Waals surface area contributed by atoms with Crippen molar-refractivity contribution in [1.82, 2.24) is 20.0 Å². The van der Waals surface area contributed by atoms with Crippen LogP contribution in [0.4, 0.5) is 0 Å². The van der Waals surface area contributed by atoms with Crippen LogP contribution in [-0.2, 0) is 0 Å². The zero-order chi connectivity index (χ0) is 24.2. The van der Waals surface area contributed by atoms with Crippen molar-refractivity contribution in [3.8, 4) is 0 Å². The van der Waals surface area contributed by atoms with Gasteiger partial charge < -0.3 is 4.98 Å². The fourth-order valence-electron chi connectivity index (χ4n) is 4.80. The molecule has 0 radical (unpaired) electrons. The van der Waals surface area contributed by atoms with Crippen molar-refractivity contribution in [2.75, 3.05) is 13.1 Å². The van der Waals surface area contributed by atoms with Gasteiger partial charge >= 0.3 is 0 Å². The number of rotatable bonds is 5. The average Bonchev–Trinajstić information content (AvgIpc) is 3.18. The predicted octanol–water partition coefficient (Wildman–Crippen LogP) is 5.60. The number of H-pyrrole nitrogens is 1. The first-order valence-electron chi connectivity index (χ1n) is 12.0. The Morgan fingerprint density at radius 3 is 2.49 bits per heavy atom. The van der Waals surface area contributed by atoms with Crippen LogP contribution in [-0.4, -0.2) is 39.0 Å². The van der Waals surface area contributed by atoms with Crippen molar-refractivity contribution in [2.24, 2.45) is 0 Å². The van der Waals surface area contributed by atoms with E-state index in [1.54, 1.807) is 53.9 Å². The summed E-state index contributed by atoms with van der Waals surface area (Å²) in [6.45, 7) is 1.49. The Morgan fingerprint density at radius 2 is 1.77 bits per heavy atom. The van der Waals surface area contributed by atoms with Crippen molar-refractivity contribution in [2.45, 2.75) is 31.7 Å². The SMILES string of the molecule is O=C(c1cccnc1)N(C(c1ccccc1)c1c[nH]c2cc(Cl)ccc2c1=O)N1CCCCCC1. The number of halogens is 1. The summed E-state index contributed by atoms with van der Waals surface area (Å²) in [5.74, 6) is -0.176. The molecular formula is C28H27ClN4O2. The fourth-order valence-corrected chi connectivity index (χ4v) is 4.97. The number of carbonyl (C=O) groups excluding carboxylic acids is 1. The zero-order valence-corrected chi connectivity index (χ0v) is 20.1. The van der Waals surface area contributed by atoms with E-state index in [-0.39, 0.29) is 11.3 Å². The van der Waals surface area contributed by atoms with E-state index in [0.717, 1.165) is 44.3 Å². The first kappa shape index (κ1) is 23.3. The molecule has 0 bridgehead atoms. The quantitative estimate of drug-likeness (QED) is 0.398. The molecule has 0 spiro atoms. The Kier molecular flexibility index (Phi) is 6.93. The van der Waals surface area contributed by atoms with Crippen molar-refractivity contribution < 1.29 is 4.79 Å². The Labute approximate surface area is 209 Å². The minimum Gasteiger partial charge on any atom is -0.361 e. The first-order valence-corrected chi connectivity index (χ1v) is 12.4. The molecular weight excluding hydrogens is 460 g/mol. The van der Waals surface area contributed by atoms with Gasteiger partial charge in [0.15, 0.2) is 5.43 Å². The molecule has 1 atom stereocenters. The molecule has 2 aromatic heterocycles. The number of aromatic amines is 1. The summed E-state index contributed by atoms with van der Waals surface area (Å²) in [4.78, 5) is 35.3. The van der Waals surface area contributed by atoms with Crippen LogP contribution in [0.3, 0.4) is 0 Å². The van der Waals surface area contributed by atoms with Crippen LogP contribution < -0.4 is 5.43 Å². The number of pyridine rings is 2. The summed E-state index contributed by atoms with van der Waals surface area (Å²) in [7, 11) is 0. The number of fused-ring (bicyclic) bond motifs is 1. The van der Waals surface area contributed by atoms with Crippen molar-refractivity contribution in [3.63, 3.8) is 0 Å². The minimum atomic E-state index is -0.606. The molecule has 1 N–H and O–H groups in total. The third-order valence-electron chi connectivity index (χ3n) is 6.53. The van der Waals surface area contributed by atoms with Gasteiger partial charge in [0.05, 0.1) is 11.1 Å². The second kappa shape index (κ2) is 10.4. The van der Waals surface area contributed by atoms with Crippen LogP contribution in [0.15, 0.2) is 84.0 Å². The molecule has 2 aromatic carbocycles. The number of carbonyl (C=O) groups is 1. The van der Waals surface area contributed by atoms with Gasteiger partial charge in [0.1, 0.15) is 6.04 Å². The molecule has 178 valence electrons. The van der Waals surface area contributed by atoms with E-state index < -0.39 is 6.04 Å². The summed E-state index contributed by atoms with van der Waals surface area (Å²) in [5.41, 5.74) is 2.41. The Bertz CT molecular complexity index is 1370. The molecule has 1 amide bonds. The normalized spacial score (nSPS) is 15.5. The van der Waals surface area contributed by atoms with Crippen LogP contribution in [0.5, 0.6) is 0 Å². The number of hydrazine groups is 1. The largest absolute Gasteiger partial charge is 0.361 e. The maximum absolute atomic E-state index is 14.1. The summed E-state index contributed by atoms with van der Waals surface area (Å²) in [6, 6.07) is 17.9. The number of nitrogens with one attached hydrogen (secondary N) is 1. The first-order chi connectivity index (χ1) is 17.1. The van der Waals surface area contributed by atoms with Gasteiger partial charge in [0.2, 0.25) is 0 Å². The average molecular weight is 487 g/mol. The predicted molar refractivity (Wildman–Crippen MR) is 138 cm³/mol. The lowest BCUT2D eigenvalue weighted by Gasteiger charge is -2.40. The molecule has 1 fully saturated rings. The highest BCUT2D eigenvalue weighted by molar-refractivity contribution is 6.31. The second-order valence-corrected chi connectivity index (χ2v) is 9.27. The third kappa shape index (κ3) is 4.85. The van der Waals surface area contributed by atoms with Gasteiger partial charge in [-0.1, -0.05) is 54.8 Å². The van der Waals surface area contributed by atoms with E-state index in [9.17, 15) is 9.59 Å². The number of hydrogen-bond donors (Lipinski definition) is 1. The maximum Gasteiger partial charge on any atom is 0.270 e. The lowest BCUT2D eigenvalue weighted by molar-refractivity contribution is -0.0271. The molecule has 1 unspecified atom stereocenters. The highest BCUT2D eigenvalue weighted by Gasteiger charge is 2.34. The zero-order valence-electron chi connectivity index (χ0n) is 19.4. The maximum atomic E-state index is 14.1. The summed E-state index contributed by atoms with van der Waals surface area (Å²) in [5, 5.41) is 4.99. The molecule has 4 aromatic rings. The number of amides is 1. The molecule has 0 saturated carbocycles. The molecule has 6 nitrogen and oxygen atoms in total. The van der Waals surface area contributed by atoms with Gasteiger partial charge in [-0.2, -0.15) is 0 Å². The van der Waals surface area contributed by atoms with Gasteiger partial charge in [-0.3, -0.25) is 19.6 Å². The highest BCUT2D eigenvalue weighted by atomic mass is 35.5. The molecule has 5 rings (SSSR count).